The summed E-state index contributed by atoms with van der Waals surface area (Å²) in [5.41, 5.74) is 11.5. The van der Waals surface area contributed by atoms with E-state index in [4.69, 9.17) is 16.6 Å². The number of amides is 4. The Morgan fingerprint density at radius 3 is 2.09 bits per heavy atom. The van der Waals surface area contributed by atoms with Crippen molar-refractivity contribution in [3.8, 4) is 5.75 Å². The second-order valence-corrected chi connectivity index (χ2v) is 7.88. The van der Waals surface area contributed by atoms with E-state index in [0.29, 0.717) is 5.56 Å². The average Bonchev–Trinajstić information content (AvgIpc) is 2.74. The number of carbonyl (C=O) groups is 5. The van der Waals surface area contributed by atoms with Crippen molar-refractivity contribution in [3.63, 3.8) is 0 Å². The predicted molar refractivity (Wildman–Crippen MR) is 118 cm³/mol. The number of nitrogens with one attached hydrogen (secondary N) is 3. The number of carboxylic acid groups (broad SMARTS) is 1. The van der Waals surface area contributed by atoms with Crippen molar-refractivity contribution in [3.05, 3.63) is 29.8 Å². The Morgan fingerprint density at radius 1 is 0.970 bits per heavy atom. The first kappa shape index (κ1) is 27.4. The van der Waals surface area contributed by atoms with E-state index >= 15 is 0 Å². The van der Waals surface area contributed by atoms with Gasteiger partial charge in [-0.05, 0) is 30.0 Å². The minimum Gasteiger partial charge on any atom is -0.508 e. The molecule has 0 saturated carbocycles. The SMILES string of the molecule is CC(C)C(N)C(=O)NC(Cc1ccc(O)cc1)C(=O)NCC(=O)NC(CCC(N)=O)C(=O)O. The fraction of sp³-hybridized carbons (Fsp3) is 0.476. The number of carboxylic acids is 1. The van der Waals surface area contributed by atoms with Crippen LogP contribution >= 0.6 is 0 Å². The lowest BCUT2D eigenvalue weighted by molar-refractivity contribution is -0.142. The topological polar surface area (TPSA) is 214 Å². The first-order valence-electron chi connectivity index (χ1n) is 10.3. The van der Waals surface area contributed by atoms with Gasteiger partial charge in [0.1, 0.15) is 17.8 Å². The Hall–Kier alpha value is -3.67. The molecule has 0 heterocycles. The standard InChI is InChI=1S/C21H31N5O7/c1-11(2)18(23)20(31)26-15(9-12-3-5-13(27)6-4-12)19(30)24-10-17(29)25-14(21(32)33)7-8-16(22)28/h3-6,11,14-15,18,27H,7-10,23H2,1-2H3,(H2,22,28)(H,24,30)(H,25,29)(H,26,31)(H,32,33). The van der Waals surface area contributed by atoms with E-state index in [1.165, 1.54) is 12.1 Å². The monoisotopic (exact) mass is 465 g/mol. The summed E-state index contributed by atoms with van der Waals surface area (Å²) < 4.78 is 0. The van der Waals surface area contributed by atoms with Gasteiger partial charge >= 0.3 is 5.97 Å². The number of carbonyl (C=O) groups excluding carboxylic acids is 4. The zero-order valence-corrected chi connectivity index (χ0v) is 18.5. The second-order valence-electron chi connectivity index (χ2n) is 7.88. The van der Waals surface area contributed by atoms with Crippen molar-refractivity contribution in [2.75, 3.05) is 6.54 Å². The van der Waals surface area contributed by atoms with Crippen LogP contribution in [0.15, 0.2) is 24.3 Å². The third-order valence-corrected chi connectivity index (χ3v) is 4.77. The van der Waals surface area contributed by atoms with Crippen molar-refractivity contribution in [1.82, 2.24) is 16.0 Å². The molecule has 0 spiro atoms. The molecule has 0 aliphatic rings. The second kappa shape index (κ2) is 13.0. The molecule has 12 heteroatoms. The van der Waals surface area contributed by atoms with Gasteiger partial charge < -0.3 is 37.6 Å². The summed E-state index contributed by atoms with van der Waals surface area (Å²) in [5, 5.41) is 25.7. The van der Waals surface area contributed by atoms with E-state index in [-0.39, 0.29) is 30.9 Å². The zero-order valence-electron chi connectivity index (χ0n) is 18.5. The lowest BCUT2D eigenvalue weighted by atomic mass is 10.0. The molecule has 3 atom stereocenters. The number of hydrogen-bond donors (Lipinski definition) is 7. The Kier molecular flexibility index (Phi) is 10.8. The van der Waals surface area contributed by atoms with E-state index < -0.39 is 54.3 Å². The van der Waals surface area contributed by atoms with E-state index in [1.54, 1.807) is 26.0 Å². The minimum atomic E-state index is -1.35. The highest BCUT2D eigenvalue weighted by molar-refractivity contribution is 5.92. The van der Waals surface area contributed by atoms with Gasteiger partial charge in [0.05, 0.1) is 12.6 Å². The van der Waals surface area contributed by atoms with Gasteiger partial charge in [-0.1, -0.05) is 26.0 Å². The maximum absolute atomic E-state index is 12.7. The largest absolute Gasteiger partial charge is 0.508 e. The molecule has 1 rings (SSSR count). The number of benzene rings is 1. The molecular formula is C21H31N5O7. The quantitative estimate of drug-likeness (QED) is 0.179. The molecule has 3 unspecified atom stereocenters. The maximum Gasteiger partial charge on any atom is 0.326 e. The van der Waals surface area contributed by atoms with Crippen LogP contribution in [0.1, 0.15) is 32.3 Å². The molecule has 12 nitrogen and oxygen atoms in total. The molecule has 0 bridgehead atoms. The third kappa shape index (κ3) is 9.99. The fourth-order valence-electron chi connectivity index (χ4n) is 2.73. The van der Waals surface area contributed by atoms with Gasteiger partial charge in [0.25, 0.3) is 0 Å². The molecule has 4 amide bonds. The van der Waals surface area contributed by atoms with E-state index in [0.717, 1.165) is 0 Å². The number of hydrogen-bond acceptors (Lipinski definition) is 7. The first-order valence-corrected chi connectivity index (χ1v) is 10.3. The van der Waals surface area contributed by atoms with Crippen molar-refractivity contribution >= 4 is 29.6 Å². The zero-order chi connectivity index (χ0) is 25.1. The van der Waals surface area contributed by atoms with Crippen LogP contribution in [-0.4, -0.2) is 64.5 Å². The summed E-state index contributed by atoms with van der Waals surface area (Å²) in [6, 6.07) is 2.73. The van der Waals surface area contributed by atoms with E-state index in [2.05, 4.69) is 16.0 Å². The molecule has 0 aliphatic carbocycles. The number of phenols is 1. The van der Waals surface area contributed by atoms with Crippen LogP contribution in [0.2, 0.25) is 0 Å². The summed E-state index contributed by atoms with van der Waals surface area (Å²) in [6.45, 7) is 2.94. The lowest BCUT2D eigenvalue weighted by Crippen LogP contribution is -2.55. The number of primary amides is 1. The Morgan fingerprint density at radius 2 is 1.58 bits per heavy atom. The van der Waals surface area contributed by atoms with Crippen molar-refractivity contribution in [2.24, 2.45) is 17.4 Å². The Balaban J connectivity index is 2.81. The molecule has 0 aromatic heterocycles. The fourth-order valence-corrected chi connectivity index (χ4v) is 2.73. The average molecular weight is 466 g/mol. The van der Waals surface area contributed by atoms with Crippen molar-refractivity contribution in [2.45, 2.75) is 51.2 Å². The number of aliphatic carboxylic acids is 1. The molecule has 0 fully saturated rings. The summed E-state index contributed by atoms with van der Waals surface area (Å²) >= 11 is 0. The van der Waals surface area contributed by atoms with Crippen LogP contribution in [0.3, 0.4) is 0 Å². The summed E-state index contributed by atoms with van der Waals surface area (Å²) in [7, 11) is 0. The van der Waals surface area contributed by atoms with E-state index in [1.807, 2.05) is 0 Å². The van der Waals surface area contributed by atoms with Crippen LogP contribution in [0.5, 0.6) is 5.75 Å². The van der Waals surface area contributed by atoms with Crippen LogP contribution in [-0.2, 0) is 30.4 Å². The highest BCUT2D eigenvalue weighted by Crippen LogP contribution is 2.12. The lowest BCUT2D eigenvalue weighted by Gasteiger charge is -2.22. The van der Waals surface area contributed by atoms with Gasteiger partial charge in [-0.2, -0.15) is 0 Å². The van der Waals surface area contributed by atoms with Gasteiger partial charge in [-0.25, -0.2) is 4.79 Å². The third-order valence-electron chi connectivity index (χ3n) is 4.77. The minimum absolute atomic E-state index is 0.0339. The first-order chi connectivity index (χ1) is 15.4. The van der Waals surface area contributed by atoms with E-state index in [9.17, 15) is 29.1 Å². The molecule has 182 valence electrons. The van der Waals surface area contributed by atoms with Gasteiger partial charge in [0.2, 0.25) is 23.6 Å². The summed E-state index contributed by atoms with van der Waals surface area (Å²) in [6.07, 6.45) is -0.377. The maximum atomic E-state index is 12.7. The summed E-state index contributed by atoms with van der Waals surface area (Å²) in [5.74, 6) is -4.24. The number of phenolic OH excluding ortho intramolecular Hbond substituents is 1. The Labute approximate surface area is 191 Å². The van der Waals surface area contributed by atoms with Crippen molar-refractivity contribution in [1.29, 1.82) is 0 Å². The Bertz CT molecular complexity index is 857. The molecule has 33 heavy (non-hydrogen) atoms. The summed E-state index contributed by atoms with van der Waals surface area (Å²) in [4.78, 5) is 59.3. The molecular weight excluding hydrogens is 434 g/mol. The highest BCUT2D eigenvalue weighted by atomic mass is 16.4. The van der Waals surface area contributed by atoms with Crippen LogP contribution < -0.4 is 27.4 Å². The van der Waals surface area contributed by atoms with Crippen LogP contribution in [0, 0.1) is 5.92 Å². The highest BCUT2D eigenvalue weighted by Gasteiger charge is 2.26. The molecule has 0 saturated heterocycles. The number of rotatable bonds is 13. The smallest absolute Gasteiger partial charge is 0.326 e. The molecule has 0 aliphatic heterocycles. The molecule has 1 aromatic carbocycles. The molecule has 1 aromatic rings. The van der Waals surface area contributed by atoms with Gasteiger partial charge in [-0.3, -0.25) is 19.2 Å². The molecule has 9 N–H and O–H groups in total. The van der Waals surface area contributed by atoms with Crippen LogP contribution in [0.25, 0.3) is 0 Å². The normalized spacial score (nSPS) is 13.5. The van der Waals surface area contributed by atoms with Gasteiger partial charge in [-0.15, -0.1) is 0 Å². The molecule has 0 radical (unpaired) electrons. The number of nitrogens with two attached hydrogens (primary N) is 2. The van der Waals surface area contributed by atoms with Crippen LogP contribution in [0.4, 0.5) is 0 Å². The number of aromatic hydroxyl groups is 1. The van der Waals surface area contributed by atoms with Gasteiger partial charge in [0.15, 0.2) is 0 Å². The predicted octanol–water partition coefficient (Wildman–Crippen LogP) is -1.65. The van der Waals surface area contributed by atoms with Crippen molar-refractivity contribution < 1.29 is 34.2 Å². The van der Waals surface area contributed by atoms with Gasteiger partial charge in [0, 0.05) is 12.8 Å².